The normalized spacial score (nSPS) is 19.1. The molecule has 0 spiro atoms. The molecular weight excluding hydrogens is 364 g/mol. The number of nitrogens with zero attached hydrogens (tertiary/aromatic N) is 1. The van der Waals surface area contributed by atoms with Gasteiger partial charge in [-0.25, -0.2) is 8.42 Å². The third kappa shape index (κ3) is 3.57. The largest absolute Gasteiger partial charge is 0.376 e. The number of rotatable bonds is 5. The van der Waals surface area contributed by atoms with E-state index in [9.17, 15) is 13.2 Å². The molecule has 2 aromatic rings. The van der Waals surface area contributed by atoms with Gasteiger partial charge in [-0.15, -0.1) is 0 Å². The number of benzene rings is 2. The van der Waals surface area contributed by atoms with Crippen molar-refractivity contribution in [1.82, 2.24) is 5.32 Å². The van der Waals surface area contributed by atoms with Crippen molar-refractivity contribution >= 4 is 21.6 Å². The third-order valence-electron chi connectivity index (χ3n) is 5.04. The summed E-state index contributed by atoms with van der Waals surface area (Å²) < 4.78 is 32.7. The van der Waals surface area contributed by atoms with Crippen LogP contribution in [0.25, 0.3) is 0 Å². The smallest absolute Gasteiger partial charge is 0.264 e. The highest BCUT2D eigenvalue weighted by molar-refractivity contribution is 7.92. The molecule has 27 heavy (non-hydrogen) atoms. The molecule has 2 aliphatic heterocycles. The van der Waals surface area contributed by atoms with Crippen molar-refractivity contribution in [3.05, 3.63) is 59.7 Å². The number of carbonyl (C=O) groups is 1. The molecule has 0 bridgehead atoms. The summed E-state index contributed by atoms with van der Waals surface area (Å²) in [6.07, 6.45) is 2.69. The highest BCUT2D eigenvalue weighted by atomic mass is 32.2. The fourth-order valence-corrected chi connectivity index (χ4v) is 5.12. The van der Waals surface area contributed by atoms with Crippen LogP contribution in [0.1, 0.15) is 28.8 Å². The Balaban J connectivity index is 1.51. The first-order chi connectivity index (χ1) is 13.1. The van der Waals surface area contributed by atoms with Crippen molar-refractivity contribution in [2.45, 2.75) is 30.3 Å². The molecule has 1 atom stereocenters. The second-order valence-corrected chi connectivity index (χ2v) is 8.69. The van der Waals surface area contributed by atoms with E-state index in [4.69, 9.17) is 4.74 Å². The Bertz CT molecular complexity index is 938. The van der Waals surface area contributed by atoms with Crippen LogP contribution in [0.4, 0.5) is 5.69 Å². The van der Waals surface area contributed by atoms with Crippen LogP contribution in [0.3, 0.4) is 0 Å². The number of fused-ring (bicyclic) bond motifs is 1. The molecule has 0 unspecified atom stereocenters. The maximum atomic E-state index is 12.9. The first kappa shape index (κ1) is 18.0. The Labute approximate surface area is 159 Å². The van der Waals surface area contributed by atoms with E-state index in [2.05, 4.69) is 5.32 Å². The van der Waals surface area contributed by atoms with Crippen LogP contribution >= 0.6 is 0 Å². The minimum atomic E-state index is -3.59. The number of anilines is 1. The molecule has 1 saturated heterocycles. The maximum Gasteiger partial charge on any atom is 0.264 e. The van der Waals surface area contributed by atoms with E-state index in [-0.39, 0.29) is 16.9 Å². The van der Waals surface area contributed by atoms with Crippen molar-refractivity contribution in [3.63, 3.8) is 0 Å². The average molecular weight is 386 g/mol. The molecule has 0 aromatic heterocycles. The number of hydrogen-bond donors (Lipinski definition) is 1. The van der Waals surface area contributed by atoms with Gasteiger partial charge in [0.05, 0.1) is 16.7 Å². The minimum Gasteiger partial charge on any atom is -0.376 e. The van der Waals surface area contributed by atoms with E-state index >= 15 is 0 Å². The summed E-state index contributed by atoms with van der Waals surface area (Å²) in [5.74, 6) is -0.155. The highest BCUT2D eigenvalue weighted by Gasteiger charge is 2.31. The maximum absolute atomic E-state index is 12.9. The lowest BCUT2D eigenvalue weighted by Crippen LogP contribution is -2.31. The van der Waals surface area contributed by atoms with Crippen LogP contribution in [0, 0.1) is 0 Å². The van der Waals surface area contributed by atoms with Gasteiger partial charge >= 0.3 is 0 Å². The summed E-state index contributed by atoms with van der Waals surface area (Å²) in [6.45, 7) is 1.64. The monoisotopic (exact) mass is 386 g/mol. The number of ether oxygens (including phenoxy) is 1. The molecule has 2 heterocycles. The van der Waals surface area contributed by atoms with E-state index in [0.717, 1.165) is 25.0 Å². The van der Waals surface area contributed by atoms with E-state index in [0.29, 0.717) is 30.8 Å². The van der Waals surface area contributed by atoms with Crippen LogP contribution in [0.15, 0.2) is 53.4 Å². The number of nitrogens with one attached hydrogen (secondary N) is 1. The minimum absolute atomic E-state index is 0.0925. The van der Waals surface area contributed by atoms with E-state index < -0.39 is 10.0 Å². The molecule has 0 saturated carbocycles. The van der Waals surface area contributed by atoms with Crippen molar-refractivity contribution in [1.29, 1.82) is 0 Å². The Kier molecular flexibility index (Phi) is 4.88. The van der Waals surface area contributed by atoms with E-state index in [1.54, 1.807) is 48.5 Å². The number of hydrogen-bond acceptors (Lipinski definition) is 4. The molecular formula is C20H22N2O4S. The van der Waals surface area contributed by atoms with Crippen molar-refractivity contribution < 1.29 is 17.9 Å². The van der Waals surface area contributed by atoms with Gasteiger partial charge in [0.1, 0.15) is 0 Å². The van der Waals surface area contributed by atoms with Gasteiger partial charge in [-0.05, 0) is 55.2 Å². The Morgan fingerprint density at radius 2 is 2.00 bits per heavy atom. The van der Waals surface area contributed by atoms with Gasteiger partial charge in [0.15, 0.2) is 0 Å². The van der Waals surface area contributed by atoms with Crippen LogP contribution in [-0.4, -0.2) is 40.1 Å². The Hall–Kier alpha value is -2.38. The van der Waals surface area contributed by atoms with Gasteiger partial charge in [-0.3, -0.25) is 9.10 Å². The molecule has 7 heteroatoms. The van der Waals surface area contributed by atoms with Crippen molar-refractivity contribution in [2.75, 3.05) is 24.0 Å². The second kappa shape index (κ2) is 7.32. The molecule has 2 aromatic carbocycles. The zero-order valence-electron chi connectivity index (χ0n) is 14.9. The summed E-state index contributed by atoms with van der Waals surface area (Å²) >= 11 is 0. The predicted octanol–water partition coefficient (Wildman–Crippen LogP) is 2.35. The van der Waals surface area contributed by atoms with E-state index in [1.165, 1.54) is 4.31 Å². The lowest BCUT2D eigenvalue weighted by atomic mass is 10.1. The summed E-state index contributed by atoms with van der Waals surface area (Å²) in [5.41, 5.74) is 2.07. The number of sulfonamides is 1. The van der Waals surface area contributed by atoms with Gasteiger partial charge in [0.25, 0.3) is 15.9 Å². The molecule has 1 fully saturated rings. The topological polar surface area (TPSA) is 75.7 Å². The fourth-order valence-electron chi connectivity index (χ4n) is 3.60. The van der Waals surface area contributed by atoms with Crippen LogP contribution in [-0.2, 0) is 21.2 Å². The standard InChI is InChI=1S/C20H22N2O4S/c23-20(21-14-17-5-4-12-26-17)16-8-9-19-15(13-16)10-11-22(19)27(24,25)18-6-2-1-3-7-18/h1-3,6-9,13,17H,4-5,10-12,14H2,(H,21,23)/t17-/m1/s1. The SMILES string of the molecule is O=C(NC[C@H]1CCCO1)c1ccc2c(c1)CCN2S(=O)(=O)c1ccccc1. The number of amides is 1. The molecule has 1 N–H and O–H groups in total. The second-order valence-electron chi connectivity index (χ2n) is 6.83. The lowest BCUT2D eigenvalue weighted by molar-refractivity contribution is 0.0857. The van der Waals surface area contributed by atoms with Crippen LogP contribution < -0.4 is 9.62 Å². The summed E-state index contributed by atoms with van der Waals surface area (Å²) in [4.78, 5) is 12.7. The fraction of sp³-hybridized carbons (Fsp3) is 0.350. The number of carbonyl (C=O) groups excluding carboxylic acids is 1. The van der Waals surface area contributed by atoms with Gasteiger partial charge < -0.3 is 10.1 Å². The summed E-state index contributed by atoms with van der Waals surface area (Å²) in [5, 5.41) is 2.90. The molecule has 4 rings (SSSR count). The van der Waals surface area contributed by atoms with Crippen molar-refractivity contribution in [2.24, 2.45) is 0 Å². The zero-order valence-corrected chi connectivity index (χ0v) is 15.7. The first-order valence-electron chi connectivity index (χ1n) is 9.16. The molecule has 0 aliphatic carbocycles. The quantitative estimate of drug-likeness (QED) is 0.856. The predicted molar refractivity (Wildman–Crippen MR) is 102 cm³/mol. The van der Waals surface area contributed by atoms with Gasteiger partial charge in [0.2, 0.25) is 0 Å². The Morgan fingerprint density at radius 1 is 1.19 bits per heavy atom. The summed E-state index contributed by atoms with van der Waals surface area (Å²) in [6, 6.07) is 13.6. The Morgan fingerprint density at radius 3 is 2.74 bits per heavy atom. The van der Waals surface area contributed by atoms with Crippen LogP contribution in [0.2, 0.25) is 0 Å². The van der Waals surface area contributed by atoms with Gasteiger partial charge in [-0.2, -0.15) is 0 Å². The zero-order chi connectivity index (χ0) is 18.9. The van der Waals surface area contributed by atoms with Gasteiger partial charge in [0, 0.05) is 25.3 Å². The molecule has 6 nitrogen and oxygen atoms in total. The van der Waals surface area contributed by atoms with Crippen molar-refractivity contribution in [3.8, 4) is 0 Å². The highest BCUT2D eigenvalue weighted by Crippen LogP contribution is 2.33. The van der Waals surface area contributed by atoms with E-state index in [1.807, 2.05) is 0 Å². The average Bonchev–Trinajstić information content (AvgIpc) is 3.36. The molecule has 2 aliphatic rings. The molecule has 142 valence electrons. The lowest BCUT2D eigenvalue weighted by Gasteiger charge is -2.19. The molecule has 0 radical (unpaired) electrons. The first-order valence-corrected chi connectivity index (χ1v) is 10.6. The third-order valence-corrected chi connectivity index (χ3v) is 6.87. The summed E-state index contributed by atoms with van der Waals surface area (Å²) in [7, 11) is -3.59. The van der Waals surface area contributed by atoms with Gasteiger partial charge in [-0.1, -0.05) is 18.2 Å². The molecule has 1 amide bonds. The van der Waals surface area contributed by atoms with Crippen LogP contribution in [0.5, 0.6) is 0 Å².